The number of hydrogen-bond donors (Lipinski definition) is 3. The molecular weight excluding hydrogens is 665 g/mol. The Morgan fingerprint density at radius 3 is 2.67 bits per heavy atom. The summed E-state index contributed by atoms with van der Waals surface area (Å²) in [6.07, 6.45) is 0.0600. The number of nitrogens with one attached hydrogen (secondary N) is 1. The third-order valence-electron chi connectivity index (χ3n) is 8.26. The third-order valence-corrected chi connectivity index (χ3v) is 8.89. The van der Waals surface area contributed by atoms with Crippen molar-refractivity contribution in [1.82, 2.24) is 14.8 Å². The van der Waals surface area contributed by atoms with Crippen LogP contribution >= 0.6 is 7.82 Å². The standard InChI is InChI=1S/C29H33F2N4O12P/c1-15-9-29(47-33-15)7-6-16(2)34-12-22(29)35-11-20(26(37)32-10-18-4-5-19(30)8-21(18)31)24(36)25(23(35)27(34)38)44-14-45-28(39)43-13-17(3)46-48(40,41)42/h4-5,8,11,16-17,22H,6-7,9-10,12-14H2,1-3H3,(H,32,37)(H2,40,41,42)/t16-,17-,22+,29-/m0/s1. The van der Waals surface area contributed by atoms with E-state index in [2.05, 4.69) is 15.0 Å². The van der Waals surface area contributed by atoms with Gasteiger partial charge in [0.05, 0.1) is 11.8 Å². The quantitative estimate of drug-likeness (QED) is 0.186. The number of amides is 2. The summed E-state index contributed by atoms with van der Waals surface area (Å²) in [7, 11) is -4.85. The van der Waals surface area contributed by atoms with E-state index in [1.807, 2.05) is 6.92 Å². The van der Waals surface area contributed by atoms with E-state index >= 15 is 0 Å². The first-order valence-electron chi connectivity index (χ1n) is 14.8. The average Bonchev–Trinajstić information content (AvgIpc) is 3.34. The van der Waals surface area contributed by atoms with Gasteiger partial charge in [0.1, 0.15) is 29.9 Å². The highest BCUT2D eigenvalue weighted by molar-refractivity contribution is 7.46. The molecule has 1 aromatic heterocycles. The van der Waals surface area contributed by atoms with Crippen molar-refractivity contribution in [2.75, 3.05) is 19.9 Å². The predicted octanol–water partition coefficient (Wildman–Crippen LogP) is 2.76. The summed E-state index contributed by atoms with van der Waals surface area (Å²) in [4.78, 5) is 78.6. The van der Waals surface area contributed by atoms with Gasteiger partial charge in [0.2, 0.25) is 18.0 Å². The Kier molecular flexibility index (Phi) is 9.92. The number of rotatable bonds is 10. The fourth-order valence-electron chi connectivity index (χ4n) is 5.97. The molecule has 0 aliphatic carbocycles. The maximum absolute atomic E-state index is 14.3. The third kappa shape index (κ3) is 7.36. The number of hydrogen-bond acceptors (Lipinski definition) is 11. The number of phosphoric acid groups is 1. The lowest BCUT2D eigenvalue weighted by molar-refractivity contribution is -0.0658. The van der Waals surface area contributed by atoms with Crippen LogP contribution in [0, 0.1) is 11.6 Å². The number of pyridine rings is 1. The molecule has 3 N–H and O–H groups in total. The largest absolute Gasteiger partial charge is 0.511 e. The van der Waals surface area contributed by atoms with Gasteiger partial charge in [-0.25, -0.2) is 18.1 Å². The minimum Gasteiger partial charge on any atom is -0.451 e. The second kappa shape index (κ2) is 13.6. The van der Waals surface area contributed by atoms with E-state index in [0.29, 0.717) is 31.0 Å². The molecule has 1 spiro atoms. The van der Waals surface area contributed by atoms with Gasteiger partial charge >= 0.3 is 14.0 Å². The predicted molar refractivity (Wildman–Crippen MR) is 159 cm³/mol. The lowest BCUT2D eigenvalue weighted by atomic mass is 9.84. The Balaban J connectivity index is 1.47. The van der Waals surface area contributed by atoms with Crippen molar-refractivity contribution < 1.29 is 61.1 Å². The zero-order chi connectivity index (χ0) is 35.0. The molecule has 2 bridgehead atoms. The van der Waals surface area contributed by atoms with Crippen LogP contribution in [-0.4, -0.2) is 80.6 Å². The van der Waals surface area contributed by atoms with Crippen molar-refractivity contribution in [2.45, 2.75) is 70.4 Å². The molecule has 3 aliphatic rings. The summed E-state index contributed by atoms with van der Waals surface area (Å²) in [5.74, 6) is -3.91. The van der Waals surface area contributed by atoms with Crippen molar-refractivity contribution in [3.63, 3.8) is 0 Å². The Bertz CT molecular complexity index is 1760. The maximum Gasteiger partial charge on any atom is 0.511 e. The summed E-state index contributed by atoms with van der Waals surface area (Å²) < 4.78 is 59.6. The van der Waals surface area contributed by atoms with E-state index in [-0.39, 0.29) is 23.8 Å². The molecule has 1 fully saturated rings. The number of fused-ring (bicyclic) bond motifs is 5. The van der Waals surface area contributed by atoms with E-state index in [1.165, 1.54) is 17.7 Å². The van der Waals surface area contributed by atoms with Crippen LogP contribution < -0.4 is 15.5 Å². The van der Waals surface area contributed by atoms with Gasteiger partial charge in [-0.2, -0.15) is 0 Å². The van der Waals surface area contributed by atoms with Crippen LogP contribution in [0.15, 0.2) is 34.3 Å². The number of nitrogens with zero attached hydrogens (tertiary/aromatic N) is 3. The van der Waals surface area contributed by atoms with E-state index in [1.54, 1.807) is 11.8 Å². The van der Waals surface area contributed by atoms with Gasteiger partial charge in [-0.15, -0.1) is 0 Å². The van der Waals surface area contributed by atoms with Crippen molar-refractivity contribution in [2.24, 2.45) is 5.16 Å². The Morgan fingerprint density at radius 2 is 2.00 bits per heavy atom. The van der Waals surface area contributed by atoms with Gasteiger partial charge in [-0.05, 0) is 39.7 Å². The molecule has 0 unspecified atom stereocenters. The minimum absolute atomic E-state index is 0.0544. The van der Waals surface area contributed by atoms with Crippen LogP contribution in [0.4, 0.5) is 13.6 Å². The van der Waals surface area contributed by atoms with Gasteiger partial charge in [-0.1, -0.05) is 11.2 Å². The Morgan fingerprint density at radius 1 is 1.25 bits per heavy atom. The fourth-order valence-corrected chi connectivity index (χ4v) is 6.50. The molecule has 260 valence electrons. The summed E-state index contributed by atoms with van der Waals surface area (Å²) >= 11 is 0. The van der Waals surface area contributed by atoms with Crippen molar-refractivity contribution in [3.05, 3.63) is 63.1 Å². The van der Waals surface area contributed by atoms with E-state index in [9.17, 15) is 32.5 Å². The molecule has 3 aliphatic heterocycles. The number of carbonyl (C=O) groups is 3. The molecule has 5 rings (SSSR count). The number of aromatic nitrogens is 1. The first-order valence-corrected chi connectivity index (χ1v) is 16.3. The average molecular weight is 699 g/mol. The first-order chi connectivity index (χ1) is 22.6. The first kappa shape index (κ1) is 34.9. The van der Waals surface area contributed by atoms with Crippen LogP contribution in [0.2, 0.25) is 0 Å². The second-order valence-electron chi connectivity index (χ2n) is 11.8. The molecule has 0 saturated carbocycles. The maximum atomic E-state index is 14.3. The summed E-state index contributed by atoms with van der Waals surface area (Å²) in [5.41, 5.74) is -2.06. The molecule has 1 aromatic carbocycles. The number of halogens is 2. The fraction of sp³-hybridized carbons (Fsp3) is 0.483. The lowest BCUT2D eigenvalue weighted by Gasteiger charge is -2.42. The summed E-state index contributed by atoms with van der Waals surface area (Å²) in [6, 6.07) is 1.86. The molecule has 19 heteroatoms. The van der Waals surface area contributed by atoms with Crippen molar-refractivity contribution >= 4 is 31.5 Å². The number of oxime groups is 1. The van der Waals surface area contributed by atoms with E-state index in [0.717, 1.165) is 12.1 Å². The molecule has 16 nitrogen and oxygen atoms in total. The van der Waals surface area contributed by atoms with E-state index < -0.39 is 91.9 Å². The van der Waals surface area contributed by atoms with Gasteiger partial charge in [-0.3, -0.25) is 18.9 Å². The SMILES string of the molecule is CC1=NO[C@@]2(CC[C@H](C)N3C[C@H]2n2cc(C(=O)NCc4ccc(F)cc4F)c(=O)c(OCOC(=O)OC[C@H](C)OP(=O)(O)O)c2C3=O)C1. The molecule has 48 heavy (non-hydrogen) atoms. The number of ether oxygens (including phenoxy) is 3. The highest BCUT2D eigenvalue weighted by Gasteiger charge is 2.54. The van der Waals surface area contributed by atoms with Crippen LogP contribution in [0.5, 0.6) is 5.75 Å². The van der Waals surface area contributed by atoms with Crippen LogP contribution in [-0.2, 0) is 29.9 Å². The van der Waals surface area contributed by atoms with Gasteiger partial charge in [0.25, 0.3) is 11.8 Å². The monoisotopic (exact) mass is 698 g/mol. The Labute approximate surface area is 271 Å². The van der Waals surface area contributed by atoms with Gasteiger partial charge in [0.15, 0.2) is 11.3 Å². The summed E-state index contributed by atoms with van der Waals surface area (Å²) in [6.45, 7) is 3.02. The lowest BCUT2D eigenvalue weighted by Crippen LogP contribution is -2.52. The number of benzene rings is 1. The molecule has 1 saturated heterocycles. The highest BCUT2D eigenvalue weighted by atomic mass is 31.2. The molecule has 2 aromatic rings. The van der Waals surface area contributed by atoms with Gasteiger partial charge in [0, 0.05) is 43.4 Å². The number of phosphoric ester groups is 1. The molecule has 0 radical (unpaired) electrons. The molecular formula is C29H33F2N4O12P. The molecule has 2 amide bonds. The molecule has 4 heterocycles. The van der Waals surface area contributed by atoms with Crippen LogP contribution in [0.1, 0.15) is 72.5 Å². The summed E-state index contributed by atoms with van der Waals surface area (Å²) in [5, 5.41) is 6.58. The van der Waals surface area contributed by atoms with Crippen LogP contribution in [0.3, 0.4) is 0 Å². The van der Waals surface area contributed by atoms with Crippen molar-refractivity contribution in [1.29, 1.82) is 0 Å². The zero-order valence-electron chi connectivity index (χ0n) is 26.0. The molecule has 4 atom stereocenters. The second-order valence-corrected chi connectivity index (χ2v) is 13.0. The van der Waals surface area contributed by atoms with Crippen molar-refractivity contribution in [3.8, 4) is 5.75 Å². The minimum atomic E-state index is -4.85. The zero-order valence-corrected chi connectivity index (χ0v) is 26.9. The smallest absolute Gasteiger partial charge is 0.451 e. The highest BCUT2D eigenvalue weighted by Crippen LogP contribution is 2.46. The van der Waals surface area contributed by atoms with Crippen LogP contribution in [0.25, 0.3) is 0 Å². The topological polar surface area (TPSA) is 205 Å². The Hall–Kier alpha value is -4.38. The van der Waals surface area contributed by atoms with Gasteiger partial charge < -0.3 is 43.6 Å². The number of carbonyl (C=O) groups excluding carboxylic acids is 3. The van der Waals surface area contributed by atoms with E-state index in [4.69, 9.17) is 28.8 Å². The normalized spacial score (nSPS) is 22.3.